The second-order valence-electron chi connectivity index (χ2n) is 5.43. The number of hydrogen-bond acceptors (Lipinski definition) is 4. The van der Waals surface area contributed by atoms with Crippen molar-refractivity contribution in [3.63, 3.8) is 0 Å². The summed E-state index contributed by atoms with van der Waals surface area (Å²) in [4.78, 5) is 12.1. The Balaban J connectivity index is 1.61. The molecule has 0 aliphatic carbocycles. The van der Waals surface area contributed by atoms with Crippen LogP contribution in [-0.4, -0.2) is 12.5 Å². The van der Waals surface area contributed by atoms with Gasteiger partial charge < -0.3 is 20.0 Å². The zero-order valence-electron chi connectivity index (χ0n) is 14.2. The molecule has 3 rings (SSSR count). The molecule has 1 heterocycles. The van der Waals surface area contributed by atoms with Gasteiger partial charge in [-0.1, -0.05) is 0 Å². The van der Waals surface area contributed by atoms with Gasteiger partial charge in [0.25, 0.3) is 5.91 Å². The lowest BCUT2D eigenvalue weighted by Crippen LogP contribution is -2.25. The van der Waals surface area contributed by atoms with Crippen LogP contribution in [0.1, 0.15) is 17.3 Å². The molecule has 0 atom stereocenters. The summed E-state index contributed by atoms with van der Waals surface area (Å²) >= 11 is 0. The predicted octanol–water partition coefficient (Wildman–Crippen LogP) is 3.76. The number of hydrogen-bond donors (Lipinski definition) is 1. The van der Waals surface area contributed by atoms with Gasteiger partial charge in [0.2, 0.25) is 0 Å². The number of carbonyl (C=O) groups excluding carboxylic acids is 1. The molecule has 0 fully saturated rings. The Hall–Kier alpha value is -3.54. The van der Waals surface area contributed by atoms with Crippen LogP contribution in [0.4, 0.5) is 5.69 Å². The number of rotatable bonds is 6. The highest BCUT2D eigenvalue weighted by molar-refractivity contribution is 6.04. The van der Waals surface area contributed by atoms with Gasteiger partial charge >= 0.3 is 0 Å². The van der Waals surface area contributed by atoms with Crippen molar-refractivity contribution >= 4 is 11.6 Å². The molecule has 0 saturated heterocycles. The summed E-state index contributed by atoms with van der Waals surface area (Å²) in [7, 11) is 0. The van der Waals surface area contributed by atoms with Crippen molar-refractivity contribution in [3.05, 3.63) is 83.8 Å². The average Bonchev–Trinajstić information content (AvgIpc) is 2.66. The van der Waals surface area contributed by atoms with Gasteiger partial charge in [0.15, 0.2) is 12.4 Å². The van der Waals surface area contributed by atoms with Gasteiger partial charge in [0, 0.05) is 17.8 Å². The van der Waals surface area contributed by atoms with Crippen LogP contribution < -0.4 is 19.5 Å². The summed E-state index contributed by atoms with van der Waals surface area (Å²) in [6.07, 6.45) is 2.56. The molecule has 0 bridgehead atoms. The molecule has 26 heavy (non-hydrogen) atoms. The standard InChI is InChI=1S/C20H18N2O4/c1-2-25-17-7-9-19(10-8-17)26-18-5-3-16(4-6-18)21-20(23)15-11-13-22(24)14-12-15/h3-14H,2H2,1H3,(H,21,23). The molecule has 2 aromatic carbocycles. The van der Waals surface area contributed by atoms with Gasteiger partial charge in [0.1, 0.15) is 17.2 Å². The SMILES string of the molecule is CCOc1ccc(Oc2ccc(NC(=O)c3cc[n+]([O-])cc3)cc2)cc1. The summed E-state index contributed by atoms with van der Waals surface area (Å²) in [6.45, 7) is 2.55. The normalized spacial score (nSPS) is 10.2. The van der Waals surface area contributed by atoms with E-state index in [9.17, 15) is 10.0 Å². The first-order valence-corrected chi connectivity index (χ1v) is 8.15. The average molecular weight is 350 g/mol. The van der Waals surface area contributed by atoms with E-state index >= 15 is 0 Å². The lowest BCUT2D eigenvalue weighted by molar-refractivity contribution is -0.605. The number of carbonyl (C=O) groups is 1. The largest absolute Gasteiger partial charge is 0.619 e. The summed E-state index contributed by atoms with van der Waals surface area (Å²) in [5, 5.41) is 13.8. The zero-order chi connectivity index (χ0) is 18.4. The Kier molecular flexibility index (Phi) is 5.34. The van der Waals surface area contributed by atoms with Gasteiger partial charge in [-0.25, -0.2) is 0 Å². The van der Waals surface area contributed by atoms with E-state index < -0.39 is 0 Å². The molecule has 3 aromatic rings. The van der Waals surface area contributed by atoms with Gasteiger partial charge in [-0.05, 0) is 55.5 Å². The third-order valence-electron chi connectivity index (χ3n) is 3.55. The minimum absolute atomic E-state index is 0.286. The molecule has 0 radical (unpaired) electrons. The van der Waals surface area contributed by atoms with E-state index in [0.29, 0.717) is 34.1 Å². The summed E-state index contributed by atoms with van der Waals surface area (Å²) in [5.41, 5.74) is 1.04. The predicted molar refractivity (Wildman–Crippen MR) is 97.5 cm³/mol. The van der Waals surface area contributed by atoms with Crippen molar-refractivity contribution in [3.8, 4) is 17.2 Å². The summed E-state index contributed by atoms with van der Waals surface area (Å²) in [5.74, 6) is 1.85. The third kappa shape index (κ3) is 4.51. The number of ether oxygens (including phenoxy) is 2. The highest BCUT2D eigenvalue weighted by Gasteiger charge is 2.07. The number of amides is 1. The van der Waals surface area contributed by atoms with E-state index in [-0.39, 0.29) is 5.91 Å². The maximum atomic E-state index is 12.1. The van der Waals surface area contributed by atoms with Crippen molar-refractivity contribution in [1.82, 2.24) is 0 Å². The molecular weight excluding hydrogens is 332 g/mol. The zero-order valence-corrected chi connectivity index (χ0v) is 14.2. The fourth-order valence-electron chi connectivity index (χ4n) is 2.28. The number of anilines is 1. The second-order valence-corrected chi connectivity index (χ2v) is 5.43. The maximum absolute atomic E-state index is 12.1. The second kappa shape index (κ2) is 8.02. The van der Waals surface area contributed by atoms with Crippen LogP contribution in [0.2, 0.25) is 0 Å². The van der Waals surface area contributed by atoms with Gasteiger partial charge in [-0.2, -0.15) is 4.73 Å². The van der Waals surface area contributed by atoms with Crippen molar-refractivity contribution in [1.29, 1.82) is 0 Å². The molecular formula is C20H18N2O4. The van der Waals surface area contributed by atoms with Crippen LogP contribution in [0.3, 0.4) is 0 Å². The molecule has 1 N–H and O–H groups in total. The van der Waals surface area contributed by atoms with Crippen LogP contribution in [0.15, 0.2) is 73.1 Å². The van der Waals surface area contributed by atoms with Crippen LogP contribution in [-0.2, 0) is 0 Å². The van der Waals surface area contributed by atoms with E-state index in [4.69, 9.17) is 9.47 Å². The number of benzene rings is 2. The smallest absolute Gasteiger partial charge is 0.256 e. The van der Waals surface area contributed by atoms with E-state index in [2.05, 4.69) is 5.32 Å². The van der Waals surface area contributed by atoms with Gasteiger partial charge in [-0.15, -0.1) is 0 Å². The fourth-order valence-corrected chi connectivity index (χ4v) is 2.28. The Morgan fingerprint density at radius 3 is 2.04 bits per heavy atom. The van der Waals surface area contributed by atoms with E-state index in [0.717, 1.165) is 5.75 Å². The number of pyridine rings is 1. The van der Waals surface area contributed by atoms with Crippen molar-refractivity contribution in [2.24, 2.45) is 0 Å². The molecule has 132 valence electrons. The lowest BCUT2D eigenvalue weighted by Gasteiger charge is -2.09. The summed E-state index contributed by atoms with van der Waals surface area (Å²) < 4.78 is 11.8. The molecule has 0 saturated carbocycles. The van der Waals surface area contributed by atoms with Crippen LogP contribution >= 0.6 is 0 Å². The molecule has 0 aliphatic rings. The highest BCUT2D eigenvalue weighted by Crippen LogP contribution is 2.25. The topological polar surface area (TPSA) is 74.5 Å². The first kappa shape index (κ1) is 17.3. The number of aromatic nitrogens is 1. The molecule has 1 aromatic heterocycles. The lowest BCUT2D eigenvalue weighted by atomic mass is 10.2. The fraction of sp³-hybridized carbons (Fsp3) is 0.100. The Bertz CT molecular complexity index is 860. The molecule has 6 heteroatoms. The van der Waals surface area contributed by atoms with Gasteiger partial charge in [0.05, 0.1) is 12.2 Å². The first-order valence-electron chi connectivity index (χ1n) is 8.15. The third-order valence-corrected chi connectivity index (χ3v) is 3.55. The molecule has 0 aliphatic heterocycles. The Morgan fingerprint density at radius 1 is 0.923 bits per heavy atom. The van der Waals surface area contributed by atoms with E-state index in [1.54, 1.807) is 24.3 Å². The van der Waals surface area contributed by atoms with Crippen LogP contribution in [0, 0.1) is 5.21 Å². The summed E-state index contributed by atoms with van der Waals surface area (Å²) in [6, 6.07) is 17.3. The molecule has 6 nitrogen and oxygen atoms in total. The number of nitrogens with zero attached hydrogens (tertiary/aromatic N) is 1. The maximum Gasteiger partial charge on any atom is 0.256 e. The van der Waals surface area contributed by atoms with Crippen LogP contribution in [0.25, 0.3) is 0 Å². The minimum Gasteiger partial charge on any atom is -0.619 e. The first-order chi connectivity index (χ1) is 12.6. The quantitative estimate of drug-likeness (QED) is 0.542. The monoisotopic (exact) mass is 350 g/mol. The molecule has 0 spiro atoms. The van der Waals surface area contributed by atoms with E-state index in [1.165, 1.54) is 24.5 Å². The Morgan fingerprint density at radius 2 is 1.46 bits per heavy atom. The van der Waals surface area contributed by atoms with Crippen molar-refractivity contribution in [2.75, 3.05) is 11.9 Å². The van der Waals surface area contributed by atoms with Gasteiger partial charge in [-0.3, -0.25) is 4.79 Å². The van der Waals surface area contributed by atoms with E-state index in [1.807, 2.05) is 31.2 Å². The van der Waals surface area contributed by atoms with Crippen molar-refractivity contribution in [2.45, 2.75) is 6.92 Å². The molecule has 1 amide bonds. The Labute approximate surface area is 151 Å². The molecule has 0 unspecified atom stereocenters. The number of nitrogens with one attached hydrogen (secondary N) is 1. The highest BCUT2D eigenvalue weighted by atomic mass is 16.5. The van der Waals surface area contributed by atoms with Crippen LogP contribution in [0.5, 0.6) is 17.2 Å². The minimum atomic E-state index is -0.286. The van der Waals surface area contributed by atoms with Crippen molar-refractivity contribution < 1.29 is 19.0 Å².